The highest BCUT2D eigenvalue weighted by atomic mass is 32.2. The van der Waals surface area contributed by atoms with E-state index in [2.05, 4.69) is 10.6 Å². The number of aryl methyl sites for hydroxylation is 2. The molecule has 21 heteroatoms. The van der Waals surface area contributed by atoms with Crippen molar-refractivity contribution in [3.63, 3.8) is 0 Å². The maximum absolute atomic E-state index is 13.3. The van der Waals surface area contributed by atoms with E-state index < -0.39 is 65.9 Å². The first kappa shape index (κ1) is 39.7. The van der Waals surface area contributed by atoms with Crippen LogP contribution in [0.2, 0.25) is 0 Å². The maximum atomic E-state index is 13.3. The molecule has 0 aliphatic carbocycles. The molecule has 0 saturated carbocycles. The van der Waals surface area contributed by atoms with Crippen LogP contribution < -0.4 is 20.1 Å². The molecule has 0 aliphatic heterocycles. The number of benzene rings is 6. The molecule has 6 aromatic carbocycles. The zero-order chi connectivity index (χ0) is 41.0. The molecule has 0 fully saturated rings. The highest BCUT2D eigenvalue weighted by Crippen LogP contribution is 2.39. The molecule has 0 bridgehead atoms. The first-order valence-corrected chi connectivity index (χ1v) is 21.7. The van der Waals surface area contributed by atoms with Crippen LogP contribution in [0.1, 0.15) is 11.1 Å². The summed E-state index contributed by atoms with van der Waals surface area (Å²) in [6.07, 6.45) is 0. The van der Waals surface area contributed by atoms with Crippen LogP contribution in [0.25, 0.3) is 21.5 Å². The molecule has 6 rings (SSSR count). The van der Waals surface area contributed by atoms with Gasteiger partial charge in [-0.2, -0.15) is 16.8 Å². The van der Waals surface area contributed by atoms with Crippen molar-refractivity contribution in [2.45, 2.75) is 33.4 Å². The number of hydrogen-bond acceptors (Lipinski definition) is 13. The number of hydrogen-bond donors (Lipinski definition) is 8. The Morgan fingerprint density at radius 3 is 1.23 bits per heavy atom. The number of aromatic hydroxyl groups is 2. The normalized spacial score (nSPS) is 12.4. The number of phenolic OH excluding ortho intramolecular Hbond substituents is 2. The van der Waals surface area contributed by atoms with Crippen LogP contribution in [0.4, 0.5) is 27.5 Å². The molecule has 8 N–H and O–H groups in total. The molecule has 0 radical (unpaired) electrons. The standard InChI is InChI=1S/C35H30N4O13S4/c1-19-9-11-21(17-27(19)36-25-13-15-31(55(47,48)49)23-5-3-7-29(40)33(23)25)53(43,44)38-35(42)39-54(45,46)22-12-10-20(2)28(18-22)37-26-14-16-32(56(50,51)52)24-6-4-8-30(41)34(24)26/h3-18,36-37,40-41H,1-2H3,(H2,38,39,42)(H,47,48,49)(H,50,51,52). The van der Waals surface area contributed by atoms with Crippen LogP contribution in [0.3, 0.4) is 0 Å². The second kappa shape index (κ2) is 14.3. The van der Waals surface area contributed by atoms with E-state index >= 15 is 0 Å². The minimum Gasteiger partial charge on any atom is -0.507 e. The SMILES string of the molecule is Cc1ccc(S(=O)(=O)NC(=O)NS(=O)(=O)c2ccc(C)c(Nc3ccc(S(=O)(=O)O)c4cccc(O)c34)c2)cc1Nc1ccc(S(=O)(=O)O)c2cccc(O)c12. The summed E-state index contributed by atoms with van der Waals surface area (Å²) in [4.78, 5) is 11.0. The van der Waals surface area contributed by atoms with Crippen LogP contribution in [-0.4, -0.2) is 59.0 Å². The number of urea groups is 1. The van der Waals surface area contributed by atoms with Crippen molar-refractivity contribution in [3.8, 4) is 11.5 Å². The Morgan fingerprint density at radius 2 is 0.875 bits per heavy atom. The third-order valence-electron chi connectivity index (χ3n) is 8.54. The summed E-state index contributed by atoms with van der Waals surface area (Å²) in [7, 11) is -18.9. The van der Waals surface area contributed by atoms with Gasteiger partial charge in [0, 0.05) is 32.9 Å². The van der Waals surface area contributed by atoms with Crippen LogP contribution in [-0.2, 0) is 40.3 Å². The molecule has 0 saturated heterocycles. The van der Waals surface area contributed by atoms with Crippen molar-refractivity contribution in [1.29, 1.82) is 0 Å². The number of sulfonamides is 2. The van der Waals surface area contributed by atoms with Crippen molar-refractivity contribution in [2.24, 2.45) is 0 Å². The number of phenols is 2. The van der Waals surface area contributed by atoms with Gasteiger partial charge in [-0.25, -0.2) is 31.1 Å². The molecule has 292 valence electrons. The molecule has 2 amide bonds. The lowest BCUT2D eigenvalue weighted by atomic mass is 10.1. The molecular weight excluding hydrogens is 813 g/mol. The molecule has 0 heterocycles. The van der Waals surface area contributed by atoms with Crippen molar-refractivity contribution in [1.82, 2.24) is 9.44 Å². The van der Waals surface area contributed by atoms with E-state index in [9.17, 15) is 57.8 Å². The van der Waals surface area contributed by atoms with Crippen LogP contribution in [0.15, 0.2) is 117 Å². The van der Waals surface area contributed by atoms with Crippen molar-refractivity contribution in [3.05, 3.63) is 108 Å². The summed E-state index contributed by atoms with van der Waals surface area (Å²) in [5.41, 5.74) is 1.48. The van der Waals surface area contributed by atoms with E-state index in [0.717, 1.165) is 36.4 Å². The van der Waals surface area contributed by atoms with Crippen LogP contribution in [0.5, 0.6) is 11.5 Å². The Hall–Kier alpha value is -5.97. The van der Waals surface area contributed by atoms with Crippen molar-refractivity contribution < 1.29 is 57.8 Å². The lowest BCUT2D eigenvalue weighted by Gasteiger charge is -2.17. The molecule has 0 aromatic heterocycles. The van der Waals surface area contributed by atoms with E-state index in [1.165, 1.54) is 60.7 Å². The van der Waals surface area contributed by atoms with E-state index in [1.54, 1.807) is 23.3 Å². The van der Waals surface area contributed by atoms with Gasteiger partial charge in [0.05, 0.1) is 21.2 Å². The fraction of sp³-hybridized carbons (Fsp3) is 0.0571. The number of carbonyl (C=O) groups excluding carboxylic acids is 1. The molecule has 0 atom stereocenters. The first-order chi connectivity index (χ1) is 26.1. The Balaban J connectivity index is 1.24. The predicted octanol–water partition coefficient (Wildman–Crippen LogP) is 5.38. The van der Waals surface area contributed by atoms with Gasteiger partial charge in [0.1, 0.15) is 21.3 Å². The van der Waals surface area contributed by atoms with Crippen LogP contribution >= 0.6 is 0 Å². The Bertz CT molecular complexity index is 2880. The predicted molar refractivity (Wildman–Crippen MR) is 206 cm³/mol. The Kier molecular flexibility index (Phi) is 10.1. The number of carbonyl (C=O) groups is 1. The molecule has 0 spiro atoms. The van der Waals surface area contributed by atoms with Gasteiger partial charge in [0.15, 0.2) is 0 Å². The molecule has 17 nitrogen and oxygen atoms in total. The maximum Gasteiger partial charge on any atom is 0.342 e. The zero-order valence-corrected chi connectivity index (χ0v) is 32.1. The van der Waals surface area contributed by atoms with Gasteiger partial charge in [-0.1, -0.05) is 36.4 Å². The van der Waals surface area contributed by atoms with Gasteiger partial charge in [-0.05, 0) is 85.6 Å². The molecule has 6 aromatic rings. The Morgan fingerprint density at radius 1 is 0.500 bits per heavy atom. The first-order valence-electron chi connectivity index (χ1n) is 15.9. The highest BCUT2D eigenvalue weighted by molar-refractivity contribution is 7.91. The smallest absolute Gasteiger partial charge is 0.342 e. The Labute approximate surface area is 320 Å². The molecule has 56 heavy (non-hydrogen) atoms. The van der Waals surface area contributed by atoms with Crippen LogP contribution in [0, 0.1) is 13.8 Å². The van der Waals surface area contributed by atoms with E-state index in [-0.39, 0.29) is 55.8 Å². The van der Waals surface area contributed by atoms with Gasteiger partial charge in [-0.15, -0.1) is 0 Å². The quantitative estimate of drug-likeness (QED) is 0.0804. The second-order valence-corrected chi connectivity index (χ2v) is 18.5. The van der Waals surface area contributed by atoms with Crippen molar-refractivity contribution in [2.75, 3.05) is 10.6 Å². The number of anilines is 4. The fourth-order valence-corrected chi connectivity index (χ4v) is 9.17. The topological polar surface area (TPSA) is 283 Å². The number of fused-ring (bicyclic) bond motifs is 2. The fourth-order valence-electron chi connectivity index (χ4n) is 5.86. The average Bonchev–Trinajstić information content (AvgIpc) is 3.08. The van der Waals surface area contributed by atoms with Gasteiger partial charge in [0.25, 0.3) is 40.3 Å². The summed E-state index contributed by atoms with van der Waals surface area (Å²) < 4.78 is 124. The van der Waals surface area contributed by atoms with E-state index in [4.69, 9.17) is 0 Å². The molecule has 0 unspecified atom stereocenters. The number of amides is 2. The highest BCUT2D eigenvalue weighted by Gasteiger charge is 2.25. The molecule has 0 aliphatic rings. The van der Waals surface area contributed by atoms with Gasteiger partial charge < -0.3 is 20.8 Å². The largest absolute Gasteiger partial charge is 0.507 e. The third kappa shape index (κ3) is 7.89. The van der Waals surface area contributed by atoms with Crippen molar-refractivity contribution >= 4 is 90.6 Å². The summed E-state index contributed by atoms with van der Waals surface area (Å²) >= 11 is 0. The van der Waals surface area contributed by atoms with Gasteiger partial charge in [-0.3, -0.25) is 9.11 Å². The summed E-state index contributed by atoms with van der Waals surface area (Å²) in [6.45, 7) is 3.20. The average molecular weight is 843 g/mol. The minimum absolute atomic E-state index is 0.00554. The lowest BCUT2D eigenvalue weighted by Crippen LogP contribution is -2.42. The monoisotopic (exact) mass is 842 g/mol. The second-order valence-electron chi connectivity index (χ2n) is 12.3. The lowest BCUT2D eigenvalue weighted by molar-refractivity contribution is 0.250. The summed E-state index contributed by atoms with van der Waals surface area (Å²) in [5, 5.41) is 26.9. The minimum atomic E-state index is -4.74. The van der Waals surface area contributed by atoms with Gasteiger partial charge >= 0.3 is 6.03 Å². The van der Waals surface area contributed by atoms with E-state index in [1.807, 2.05) is 0 Å². The van der Waals surface area contributed by atoms with Gasteiger partial charge in [0.2, 0.25) is 0 Å². The summed E-state index contributed by atoms with van der Waals surface area (Å²) in [6, 6.07) is 18.3. The zero-order valence-electron chi connectivity index (χ0n) is 28.8. The number of rotatable bonds is 10. The summed E-state index contributed by atoms with van der Waals surface area (Å²) in [5.74, 6) is -0.704. The number of nitrogens with one attached hydrogen (secondary N) is 4. The van der Waals surface area contributed by atoms with E-state index in [0.29, 0.717) is 11.1 Å². The third-order valence-corrected chi connectivity index (χ3v) is 13.0. The molecular formula is C35H30N4O13S4.